The Morgan fingerprint density at radius 3 is 2.67 bits per heavy atom. The van der Waals surface area contributed by atoms with Crippen molar-refractivity contribution < 1.29 is 4.92 Å². The molecule has 2 rings (SSSR count). The standard InChI is InChI=1S/C15H18N4O2/c1-10(2)13-8-11(3)17-15(18-13)16-9-12-6-4-5-7-14(12)19(20)21/h4-8,10H,9H2,1-3H3,(H,16,17,18). The largest absolute Gasteiger partial charge is 0.350 e. The molecule has 0 fully saturated rings. The van der Waals surface area contributed by atoms with Gasteiger partial charge in [-0.25, -0.2) is 9.97 Å². The molecule has 0 radical (unpaired) electrons. The van der Waals surface area contributed by atoms with Crippen LogP contribution in [0.1, 0.15) is 36.7 Å². The Morgan fingerprint density at radius 1 is 1.29 bits per heavy atom. The fourth-order valence-electron chi connectivity index (χ4n) is 1.98. The molecule has 0 atom stereocenters. The second kappa shape index (κ2) is 6.30. The van der Waals surface area contributed by atoms with E-state index in [0.29, 0.717) is 24.0 Å². The van der Waals surface area contributed by atoms with Gasteiger partial charge >= 0.3 is 0 Å². The van der Waals surface area contributed by atoms with Gasteiger partial charge in [0.25, 0.3) is 5.69 Å². The molecule has 2 aromatic rings. The van der Waals surface area contributed by atoms with E-state index in [1.165, 1.54) is 6.07 Å². The first-order chi connectivity index (χ1) is 9.97. The summed E-state index contributed by atoms with van der Waals surface area (Å²) in [5.41, 5.74) is 2.53. The number of anilines is 1. The Balaban J connectivity index is 2.19. The van der Waals surface area contributed by atoms with E-state index in [1.54, 1.807) is 18.2 Å². The minimum Gasteiger partial charge on any atom is -0.350 e. The highest BCUT2D eigenvalue weighted by Gasteiger charge is 2.12. The van der Waals surface area contributed by atoms with Gasteiger partial charge in [-0.15, -0.1) is 0 Å². The maximum Gasteiger partial charge on any atom is 0.274 e. The Kier molecular flexibility index (Phi) is 4.47. The highest BCUT2D eigenvalue weighted by Crippen LogP contribution is 2.19. The van der Waals surface area contributed by atoms with Gasteiger partial charge in [-0.3, -0.25) is 10.1 Å². The minimum absolute atomic E-state index is 0.0988. The van der Waals surface area contributed by atoms with Gasteiger partial charge in [0.2, 0.25) is 5.95 Å². The van der Waals surface area contributed by atoms with E-state index in [4.69, 9.17) is 0 Å². The predicted molar refractivity (Wildman–Crippen MR) is 81.3 cm³/mol. The van der Waals surface area contributed by atoms with Crippen LogP contribution in [0.4, 0.5) is 11.6 Å². The summed E-state index contributed by atoms with van der Waals surface area (Å²) < 4.78 is 0. The first-order valence-corrected chi connectivity index (χ1v) is 6.79. The number of nitrogens with zero attached hydrogens (tertiary/aromatic N) is 3. The molecule has 1 heterocycles. The average molecular weight is 286 g/mol. The fourth-order valence-corrected chi connectivity index (χ4v) is 1.98. The molecular weight excluding hydrogens is 268 g/mol. The SMILES string of the molecule is Cc1cc(C(C)C)nc(NCc2ccccc2[N+](=O)[O-])n1. The number of nitrogens with one attached hydrogen (secondary N) is 1. The summed E-state index contributed by atoms with van der Waals surface area (Å²) in [4.78, 5) is 19.3. The molecule has 1 aromatic heterocycles. The maximum absolute atomic E-state index is 11.0. The van der Waals surface area contributed by atoms with Crippen molar-refractivity contribution in [1.82, 2.24) is 9.97 Å². The van der Waals surface area contributed by atoms with Crippen molar-refractivity contribution in [2.45, 2.75) is 33.2 Å². The number of hydrogen-bond donors (Lipinski definition) is 1. The molecule has 6 heteroatoms. The molecule has 1 N–H and O–H groups in total. The molecule has 110 valence electrons. The van der Waals surface area contributed by atoms with Gasteiger partial charge in [-0.05, 0) is 18.9 Å². The van der Waals surface area contributed by atoms with Gasteiger partial charge in [0, 0.05) is 29.6 Å². The Bertz CT molecular complexity index is 656. The Hall–Kier alpha value is -2.50. The van der Waals surface area contributed by atoms with Crippen LogP contribution in [0.2, 0.25) is 0 Å². The first-order valence-electron chi connectivity index (χ1n) is 6.79. The normalized spacial score (nSPS) is 10.7. The van der Waals surface area contributed by atoms with Crippen molar-refractivity contribution in [3.8, 4) is 0 Å². The quantitative estimate of drug-likeness (QED) is 0.672. The van der Waals surface area contributed by atoms with Crippen molar-refractivity contribution >= 4 is 11.6 Å². The van der Waals surface area contributed by atoms with Crippen LogP contribution in [-0.4, -0.2) is 14.9 Å². The summed E-state index contributed by atoms with van der Waals surface area (Å²) in [5.74, 6) is 0.801. The topological polar surface area (TPSA) is 81.0 Å². The highest BCUT2D eigenvalue weighted by molar-refractivity contribution is 5.42. The van der Waals surface area contributed by atoms with Crippen LogP contribution in [0.25, 0.3) is 0 Å². The maximum atomic E-state index is 11.0. The van der Waals surface area contributed by atoms with Gasteiger partial charge < -0.3 is 5.32 Å². The van der Waals surface area contributed by atoms with Crippen molar-refractivity contribution in [3.63, 3.8) is 0 Å². The zero-order chi connectivity index (χ0) is 15.4. The zero-order valence-corrected chi connectivity index (χ0v) is 12.3. The number of nitro benzene ring substituents is 1. The number of nitro groups is 1. The van der Waals surface area contributed by atoms with E-state index in [2.05, 4.69) is 29.1 Å². The van der Waals surface area contributed by atoms with Crippen LogP contribution in [0.3, 0.4) is 0 Å². The van der Waals surface area contributed by atoms with Crippen LogP contribution < -0.4 is 5.32 Å². The summed E-state index contributed by atoms with van der Waals surface area (Å²) in [5, 5.41) is 14.0. The second-order valence-electron chi connectivity index (χ2n) is 5.15. The Labute approximate surface area is 123 Å². The smallest absolute Gasteiger partial charge is 0.274 e. The van der Waals surface area contributed by atoms with Gasteiger partial charge in [-0.2, -0.15) is 0 Å². The molecule has 0 unspecified atom stereocenters. The van der Waals surface area contributed by atoms with Crippen molar-refractivity contribution in [1.29, 1.82) is 0 Å². The summed E-state index contributed by atoms with van der Waals surface area (Å²) >= 11 is 0. The molecule has 1 aromatic carbocycles. The number of aromatic nitrogens is 2. The lowest BCUT2D eigenvalue weighted by molar-refractivity contribution is -0.385. The molecule has 0 amide bonds. The number of benzene rings is 1. The van der Waals surface area contributed by atoms with E-state index >= 15 is 0 Å². The van der Waals surface area contributed by atoms with Gasteiger partial charge in [0.15, 0.2) is 0 Å². The molecule has 0 aliphatic rings. The van der Waals surface area contributed by atoms with E-state index in [0.717, 1.165) is 11.4 Å². The number of hydrogen-bond acceptors (Lipinski definition) is 5. The zero-order valence-electron chi connectivity index (χ0n) is 12.3. The lowest BCUT2D eigenvalue weighted by Gasteiger charge is -2.10. The molecule has 0 aliphatic carbocycles. The van der Waals surface area contributed by atoms with Crippen molar-refractivity contribution in [2.75, 3.05) is 5.32 Å². The summed E-state index contributed by atoms with van der Waals surface area (Å²) in [7, 11) is 0. The van der Waals surface area contributed by atoms with Gasteiger partial charge in [0.1, 0.15) is 0 Å². The lowest BCUT2D eigenvalue weighted by atomic mass is 10.1. The monoisotopic (exact) mass is 286 g/mol. The van der Waals surface area contributed by atoms with Crippen LogP contribution in [0.15, 0.2) is 30.3 Å². The molecule has 0 saturated carbocycles. The van der Waals surface area contributed by atoms with E-state index < -0.39 is 0 Å². The van der Waals surface area contributed by atoms with Crippen molar-refractivity contribution in [2.24, 2.45) is 0 Å². The summed E-state index contributed by atoms with van der Waals surface area (Å²) in [6.07, 6.45) is 0. The molecule has 6 nitrogen and oxygen atoms in total. The average Bonchev–Trinajstić information content (AvgIpc) is 2.44. The van der Waals surface area contributed by atoms with E-state index in [1.807, 2.05) is 13.0 Å². The second-order valence-corrected chi connectivity index (χ2v) is 5.15. The van der Waals surface area contributed by atoms with E-state index in [9.17, 15) is 10.1 Å². The summed E-state index contributed by atoms with van der Waals surface area (Å²) in [6, 6.07) is 8.60. The number of aryl methyl sites for hydroxylation is 1. The molecule has 0 aliphatic heterocycles. The molecule has 0 bridgehead atoms. The first kappa shape index (κ1) is 14.9. The highest BCUT2D eigenvalue weighted by atomic mass is 16.6. The summed E-state index contributed by atoms with van der Waals surface area (Å²) in [6.45, 7) is 6.35. The number of para-hydroxylation sites is 1. The van der Waals surface area contributed by atoms with Crippen LogP contribution in [0, 0.1) is 17.0 Å². The van der Waals surface area contributed by atoms with Gasteiger partial charge in [0.05, 0.1) is 4.92 Å². The predicted octanol–water partition coefficient (Wildman–Crippen LogP) is 3.43. The third-order valence-electron chi connectivity index (χ3n) is 3.09. The molecule has 0 saturated heterocycles. The lowest BCUT2D eigenvalue weighted by Crippen LogP contribution is -2.08. The van der Waals surface area contributed by atoms with Crippen LogP contribution in [0.5, 0.6) is 0 Å². The molecular formula is C15H18N4O2. The van der Waals surface area contributed by atoms with Crippen molar-refractivity contribution in [3.05, 3.63) is 57.4 Å². The minimum atomic E-state index is -0.381. The third kappa shape index (κ3) is 3.75. The third-order valence-corrected chi connectivity index (χ3v) is 3.09. The Morgan fingerprint density at radius 2 is 2.00 bits per heavy atom. The number of rotatable bonds is 5. The van der Waals surface area contributed by atoms with Gasteiger partial charge in [-0.1, -0.05) is 32.0 Å². The van der Waals surface area contributed by atoms with E-state index in [-0.39, 0.29) is 10.6 Å². The fraction of sp³-hybridized carbons (Fsp3) is 0.333. The van der Waals surface area contributed by atoms with Crippen LogP contribution in [-0.2, 0) is 6.54 Å². The van der Waals surface area contributed by atoms with Crippen LogP contribution >= 0.6 is 0 Å². The molecule has 0 spiro atoms. The molecule has 21 heavy (non-hydrogen) atoms.